The lowest BCUT2D eigenvalue weighted by molar-refractivity contribution is -0.137. The number of halogens is 3. The lowest BCUT2D eigenvalue weighted by Gasteiger charge is -2.23. The minimum Gasteiger partial charge on any atom is -0.481 e. The molecule has 0 aliphatic heterocycles. The first-order chi connectivity index (χ1) is 10.5. The van der Waals surface area contributed by atoms with Crippen LogP contribution in [-0.2, 0) is 16.0 Å². The molecule has 0 radical (unpaired) electrons. The SMILES string of the molecule is CC(C)(C)OC(=O)N[C@@H](CC(=O)O)Cc1cc(Cl)c(Cl)c(Cl)c1. The summed E-state index contributed by atoms with van der Waals surface area (Å²) in [6.45, 7) is 5.16. The summed E-state index contributed by atoms with van der Waals surface area (Å²) in [6.07, 6.45) is -0.728. The van der Waals surface area contributed by atoms with Crippen molar-refractivity contribution in [3.63, 3.8) is 0 Å². The molecule has 1 atom stereocenters. The van der Waals surface area contributed by atoms with E-state index >= 15 is 0 Å². The molecular formula is C15H18Cl3NO4. The molecule has 0 saturated carbocycles. The molecular weight excluding hydrogens is 365 g/mol. The van der Waals surface area contributed by atoms with E-state index in [1.807, 2.05) is 0 Å². The van der Waals surface area contributed by atoms with Gasteiger partial charge in [0.05, 0.1) is 21.5 Å². The van der Waals surface area contributed by atoms with Gasteiger partial charge in [0.2, 0.25) is 0 Å². The Hall–Kier alpha value is -1.17. The number of rotatable bonds is 5. The summed E-state index contributed by atoms with van der Waals surface area (Å²) in [6, 6.07) is 2.50. The van der Waals surface area contributed by atoms with Crippen LogP contribution >= 0.6 is 34.8 Å². The summed E-state index contributed by atoms with van der Waals surface area (Å²) < 4.78 is 5.14. The summed E-state index contributed by atoms with van der Waals surface area (Å²) in [5.74, 6) is -1.04. The van der Waals surface area contributed by atoms with Crippen LogP contribution in [0.5, 0.6) is 0 Å². The monoisotopic (exact) mass is 381 g/mol. The van der Waals surface area contributed by atoms with Crippen LogP contribution in [0.4, 0.5) is 4.79 Å². The molecule has 0 aromatic heterocycles. The van der Waals surface area contributed by atoms with E-state index < -0.39 is 23.7 Å². The van der Waals surface area contributed by atoms with Crippen LogP contribution in [0.3, 0.4) is 0 Å². The predicted molar refractivity (Wildman–Crippen MR) is 90.6 cm³/mol. The molecule has 1 aromatic rings. The molecule has 0 bridgehead atoms. The van der Waals surface area contributed by atoms with Gasteiger partial charge in [-0.15, -0.1) is 0 Å². The highest BCUT2D eigenvalue weighted by Gasteiger charge is 2.22. The molecule has 0 heterocycles. The lowest BCUT2D eigenvalue weighted by atomic mass is 10.0. The van der Waals surface area contributed by atoms with Crippen LogP contribution in [0, 0.1) is 0 Å². The summed E-state index contributed by atoms with van der Waals surface area (Å²) in [4.78, 5) is 22.8. The molecule has 23 heavy (non-hydrogen) atoms. The van der Waals surface area contributed by atoms with Crippen molar-refractivity contribution in [3.05, 3.63) is 32.8 Å². The summed E-state index contributed by atoms with van der Waals surface area (Å²) in [7, 11) is 0. The van der Waals surface area contributed by atoms with Gasteiger partial charge in [0.15, 0.2) is 0 Å². The standard InChI is InChI=1S/C15H18Cl3NO4/c1-15(2,3)23-14(22)19-9(7-12(20)21)4-8-5-10(16)13(18)11(17)6-8/h5-6,9H,4,7H2,1-3H3,(H,19,22)(H,20,21)/t9-/m1/s1. The van der Waals surface area contributed by atoms with Crippen LogP contribution in [0.2, 0.25) is 15.1 Å². The first kappa shape index (κ1) is 19.9. The highest BCUT2D eigenvalue weighted by molar-refractivity contribution is 6.48. The molecule has 1 amide bonds. The number of nitrogens with one attached hydrogen (secondary N) is 1. The molecule has 0 unspecified atom stereocenters. The van der Waals surface area contributed by atoms with Gasteiger partial charge in [0.25, 0.3) is 0 Å². The zero-order chi connectivity index (χ0) is 17.8. The van der Waals surface area contributed by atoms with Crippen molar-refractivity contribution < 1.29 is 19.4 Å². The molecule has 5 nitrogen and oxygen atoms in total. The van der Waals surface area contributed by atoms with Gasteiger partial charge in [-0.2, -0.15) is 0 Å². The van der Waals surface area contributed by atoms with E-state index in [9.17, 15) is 9.59 Å². The third-order valence-electron chi connectivity index (χ3n) is 2.67. The van der Waals surface area contributed by atoms with Crippen LogP contribution in [-0.4, -0.2) is 28.8 Å². The topological polar surface area (TPSA) is 75.6 Å². The van der Waals surface area contributed by atoms with Crippen molar-refractivity contribution in [3.8, 4) is 0 Å². The molecule has 0 saturated heterocycles. The summed E-state index contributed by atoms with van der Waals surface area (Å²) in [5.41, 5.74) is -0.0169. The number of amides is 1. The third-order valence-corrected chi connectivity index (χ3v) is 3.86. The van der Waals surface area contributed by atoms with E-state index in [4.69, 9.17) is 44.6 Å². The van der Waals surface area contributed by atoms with Crippen molar-refractivity contribution >= 4 is 46.9 Å². The Kier molecular flexibility index (Phi) is 6.99. The minimum atomic E-state index is -1.04. The highest BCUT2D eigenvalue weighted by Crippen LogP contribution is 2.31. The van der Waals surface area contributed by atoms with Crippen LogP contribution in [0.1, 0.15) is 32.8 Å². The predicted octanol–water partition coefficient (Wildman–Crippen LogP) is 4.56. The van der Waals surface area contributed by atoms with Gasteiger partial charge in [-0.1, -0.05) is 34.8 Å². The van der Waals surface area contributed by atoms with E-state index in [0.29, 0.717) is 5.56 Å². The van der Waals surface area contributed by atoms with Gasteiger partial charge < -0.3 is 15.2 Å². The number of carbonyl (C=O) groups is 2. The molecule has 0 spiro atoms. The van der Waals surface area contributed by atoms with Crippen LogP contribution in [0.15, 0.2) is 12.1 Å². The number of ether oxygens (including phenoxy) is 1. The second-order valence-corrected chi connectivity index (χ2v) is 7.21. The van der Waals surface area contributed by atoms with Crippen molar-refractivity contribution in [1.29, 1.82) is 0 Å². The number of carboxylic acid groups (broad SMARTS) is 1. The Labute approximate surface area is 149 Å². The molecule has 2 N–H and O–H groups in total. The maximum atomic E-state index is 11.8. The van der Waals surface area contributed by atoms with Gasteiger partial charge in [-0.05, 0) is 44.9 Å². The van der Waals surface area contributed by atoms with E-state index in [-0.39, 0.29) is 27.9 Å². The van der Waals surface area contributed by atoms with Crippen molar-refractivity contribution in [2.24, 2.45) is 0 Å². The van der Waals surface area contributed by atoms with Gasteiger partial charge >= 0.3 is 12.1 Å². The van der Waals surface area contributed by atoms with Crippen molar-refractivity contribution in [1.82, 2.24) is 5.32 Å². The Morgan fingerprint density at radius 2 is 1.74 bits per heavy atom. The largest absolute Gasteiger partial charge is 0.481 e. The molecule has 128 valence electrons. The Balaban J connectivity index is 2.87. The third kappa shape index (κ3) is 7.29. The number of carbonyl (C=O) groups excluding carboxylic acids is 1. The first-order valence-electron chi connectivity index (χ1n) is 6.82. The molecule has 1 rings (SSSR count). The molecule has 8 heteroatoms. The number of carboxylic acids is 1. The van der Waals surface area contributed by atoms with E-state index in [1.165, 1.54) is 0 Å². The fourth-order valence-corrected chi connectivity index (χ4v) is 2.51. The smallest absolute Gasteiger partial charge is 0.407 e. The molecule has 0 aliphatic carbocycles. The van der Waals surface area contributed by atoms with Gasteiger partial charge in [-0.3, -0.25) is 4.79 Å². The molecule has 0 fully saturated rings. The van der Waals surface area contributed by atoms with Crippen molar-refractivity contribution in [2.75, 3.05) is 0 Å². The number of aliphatic carboxylic acids is 1. The zero-order valence-corrected chi connectivity index (χ0v) is 15.2. The zero-order valence-electron chi connectivity index (χ0n) is 13.0. The summed E-state index contributed by atoms with van der Waals surface area (Å²) >= 11 is 17.8. The highest BCUT2D eigenvalue weighted by atomic mass is 35.5. The summed E-state index contributed by atoms with van der Waals surface area (Å²) in [5, 5.41) is 12.3. The number of hydrogen-bond acceptors (Lipinski definition) is 3. The average molecular weight is 383 g/mol. The number of benzene rings is 1. The van der Waals surface area contributed by atoms with Gasteiger partial charge in [0, 0.05) is 6.04 Å². The fourth-order valence-electron chi connectivity index (χ4n) is 1.87. The Morgan fingerprint density at radius 3 is 2.17 bits per heavy atom. The maximum absolute atomic E-state index is 11.8. The van der Waals surface area contributed by atoms with Crippen molar-refractivity contribution in [2.45, 2.75) is 45.3 Å². The second kappa shape index (κ2) is 8.08. The van der Waals surface area contributed by atoms with E-state index in [1.54, 1.807) is 32.9 Å². The van der Waals surface area contributed by atoms with Crippen LogP contribution < -0.4 is 5.32 Å². The lowest BCUT2D eigenvalue weighted by Crippen LogP contribution is -2.41. The normalized spacial score (nSPS) is 12.6. The van der Waals surface area contributed by atoms with E-state index in [2.05, 4.69) is 5.32 Å². The Morgan fingerprint density at radius 1 is 1.22 bits per heavy atom. The van der Waals surface area contributed by atoms with Gasteiger partial charge in [-0.25, -0.2) is 4.79 Å². The Bertz CT molecular complexity index is 576. The van der Waals surface area contributed by atoms with Crippen LogP contribution in [0.25, 0.3) is 0 Å². The molecule has 1 aromatic carbocycles. The quantitative estimate of drug-likeness (QED) is 0.732. The fraction of sp³-hybridized carbons (Fsp3) is 0.467. The second-order valence-electron chi connectivity index (χ2n) is 6.02. The maximum Gasteiger partial charge on any atom is 0.407 e. The average Bonchev–Trinajstić information content (AvgIpc) is 2.32. The number of hydrogen-bond donors (Lipinski definition) is 2. The van der Waals surface area contributed by atoms with E-state index in [0.717, 1.165) is 0 Å². The molecule has 0 aliphatic rings. The first-order valence-corrected chi connectivity index (χ1v) is 7.96. The number of alkyl carbamates (subject to hydrolysis) is 1. The minimum absolute atomic E-state index is 0.224. The van der Waals surface area contributed by atoms with Gasteiger partial charge in [0.1, 0.15) is 5.60 Å².